The number of para-hydroxylation sites is 1. The van der Waals surface area contributed by atoms with E-state index in [2.05, 4.69) is 0 Å². The summed E-state index contributed by atoms with van der Waals surface area (Å²) in [5, 5.41) is 11.3. The van der Waals surface area contributed by atoms with Crippen molar-refractivity contribution in [3.8, 4) is 11.5 Å². The fraction of sp³-hybridized carbons (Fsp3) is 0.385. The van der Waals surface area contributed by atoms with Crippen molar-refractivity contribution in [2.45, 2.75) is 25.8 Å². The zero-order valence-electron chi connectivity index (χ0n) is 19.7. The van der Waals surface area contributed by atoms with Crippen LogP contribution < -0.4 is 9.47 Å². The number of amides is 1. The van der Waals surface area contributed by atoms with Gasteiger partial charge in [-0.15, -0.1) is 0 Å². The number of carbonyl (C=O) groups is 2. The molecule has 2 aromatic carbocycles. The summed E-state index contributed by atoms with van der Waals surface area (Å²) in [7, 11) is 5.46. The Morgan fingerprint density at radius 1 is 1.12 bits per heavy atom. The number of ketones is 1. The van der Waals surface area contributed by atoms with Crippen LogP contribution in [0, 0.1) is 0 Å². The summed E-state index contributed by atoms with van der Waals surface area (Å²) in [6, 6.07) is 13.5. The lowest BCUT2D eigenvalue weighted by Crippen LogP contribution is -2.32. The van der Waals surface area contributed by atoms with Crippen molar-refractivity contribution >= 4 is 17.4 Å². The average Bonchev–Trinajstić information content (AvgIpc) is 3.07. The quantitative estimate of drug-likeness (QED) is 0.335. The standard InChI is InChI=1S/C26H32N2O5/c1-5-16-33-19-11-8-10-18(17-19)24(29)22-23(20-12-6-7-13-21(20)32-4)28(26(31)25(22)30)15-9-14-27(2)3/h6-8,10-13,17,23,29H,5,9,14-16H2,1-4H3/b24-22-. The van der Waals surface area contributed by atoms with Crippen molar-refractivity contribution in [2.75, 3.05) is 40.9 Å². The zero-order valence-corrected chi connectivity index (χ0v) is 19.7. The molecule has 176 valence electrons. The van der Waals surface area contributed by atoms with E-state index in [9.17, 15) is 14.7 Å². The topological polar surface area (TPSA) is 79.3 Å². The van der Waals surface area contributed by atoms with Crippen LogP contribution in [0.1, 0.15) is 36.9 Å². The van der Waals surface area contributed by atoms with E-state index >= 15 is 0 Å². The Balaban J connectivity index is 2.11. The smallest absolute Gasteiger partial charge is 0.295 e. The summed E-state index contributed by atoms with van der Waals surface area (Å²) >= 11 is 0. The van der Waals surface area contributed by atoms with Gasteiger partial charge in [0.2, 0.25) is 0 Å². The van der Waals surface area contributed by atoms with Gasteiger partial charge < -0.3 is 24.4 Å². The molecule has 1 fully saturated rings. The number of likely N-dealkylation sites (tertiary alicyclic amines) is 1. The van der Waals surface area contributed by atoms with Gasteiger partial charge in [-0.05, 0) is 51.7 Å². The molecule has 1 atom stereocenters. The fourth-order valence-electron chi connectivity index (χ4n) is 3.99. The number of rotatable bonds is 10. The first-order valence-corrected chi connectivity index (χ1v) is 11.2. The molecule has 0 saturated carbocycles. The summed E-state index contributed by atoms with van der Waals surface area (Å²) < 4.78 is 11.2. The van der Waals surface area contributed by atoms with E-state index in [1.807, 2.05) is 44.1 Å². The normalized spacial score (nSPS) is 17.6. The lowest BCUT2D eigenvalue weighted by Gasteiger charge is -2.27. The lowest BCUT2D eigenvalue weighted by atomic mass is 9.94. The highest BCUT2D eigenvalue weighted by molar-refractivity contribution is 6.46. The van der Waals surface area contributed by atoms with E-state index in [-0.39, 0.29) is 11.3 Å². The molecule has 0 bridgehead atoms. The van der Waals surface area contributed by atoms with E-state index in [1.165, 1.54) is 4.90 Å². The van der Waals surface area contributed by atoms with Crippen molar-refractivity contribution in [3.05, 3.63) is 65.2 Å². The van der Waals surface area contributed by atoms with Crippen LogP contribution in [0.25, 0.3) is 5.76 Å². The second-order valence-electron chi connectivity index (χ2n) is 8.27. The van der Waals surface area contributed by atoms with Gasteiger partial charge in [0.15, 0.2) is 0 Å². The summed E-state index contributed by atoms with van der Waals surface area (Å²) in [6.45, 7) is 3.69. The minimum absolute atomic E-state index is 0.0574. The van der Waals surface area contributed by atoms with E-state index in [0.717, 1.165) is 13.0 Å². The Morgan fingerprint density at radius 2 is 1.88 bits per heavy atom. The first kappa shape index (κ1) is 24.3. The van der Waals surface area contributed by atoms with Crippen LogP contribution >= 0.6 is 0 Å². The molecular weight excluding hydrogens is 420 g/mol. The van der Waals surface area contributed by atoms with Gasteiger partial charge in [-0.25, -0.2) is 0 Å². The van der Waals surface area contributed by atoms with Gasteiger partial charge in [0.1, 0.15) is 17.3 Å². The monoisotopic (exact) mass is 452 g/mol. The molecule has 2 aromatic rings. The third-order valence-corrected chi connectivity index (χ3v) is 5.56. The van der Waals surface area contributed by atoms with Crippen LogP contribution in [0.15, 0.2) is 54.1 Å². The number of benzene rings is 2. The van der Waals surface area contributed by atoms with E-state index in [1.54, 1.807) is 37.4 Å². The molecule has 3 rings (SSSR count). The first-order valence-electron chi connectivity index (χ1n) is 11.2. The SMILES string of the molecule is CCCOc1cccc(/C(O)=C2/C(=O)C(=O)N(CCCN(C)C)C2c2ccccc2OC)c1. The minimum atomic E-state index is -0.747. The molecular formula is C26H32N2O5. The molecule has 1 unspecified atom stereocenters. The molecule has 0 aromatic heterocycles. The van der Waals surface area contributed by atoms with Gasteiger partial charge in [-0.1, -0.05) is 37.3 Å². The van der Waals surface area contributed by atoms with E-state index < -0.39 is 17.7 Å². The number of nitrogens with zero attached hydrogens (tertiary/aromatic N) is 2. The highest BCUT2D eigenvalue weighted by Gasteiger charge is 2.46. The molecule has 1 aliphatic rings. The fourth-order valence-corrected chi connectivity index (χ4v) is 3.99. The summed E-state index contributed by atoms with van der Waals surface area (Å²) in [4.78, 5) is 29.8. The Morgan fingerprint density at radius 3 is 2.58 bits per heavy atom. The minimum Gasteiger partial charge on any atom is -0.507 e. The lowest BCUT2D eigenvalue weighted by molar-refractivity contribution is -0.140. The molecule has 33 heavy (non-hydrogen) atoms. The van der Waals surface area contributed by atoms with Crippen molar-refractivity contribution < 1.29 is 24.2 Å². The van der Waals surface area contributed by atoms with Crippen LogP contribution in [0.2, 0.25) is 0 Å². The summed E-state index contributed by atoms with van der Waals surface area (Å²) in [5.74, 6) is -0.401. The van der Waals surface area contributed by atoms with Gasteiger partial charge in [0, 0.05) is 17.7 Å². The first-order chi connectivity index (χ1) is 15.9. The van der Waals surface area contributed by atoms with Crippen molar-refractivity contribution in [3.63, 3.8) is 0 Å². The summed E-state index contributed by atoms with van der Waals surface area (Å²) in [6.07, 6.45) is 1.54. The molecule has 1 aliphatic heterocycles. The predicted octanol–water partition coefficient (Wildman–Crippen LogP) is 3.86. The molecule has 1 amide bonds. The second kappa shape index (κ2) is 11.0. The number of carbonyl (C=O) groups excluding carboxylic acids is 2. The zero-order chi connectivity index (χ0) is 24.0. The van der Waals surface area contributed by atoms with Gasteiger partial charge in [-0.3, -0.25) is 9.59 Å². The number of hydrogen-bond acceptors (Lipinski definition) is 6. The molecule has 0 spiro atoms. The largest absolute Gasteiger partial charge is 0.507 e. The van der Waals surface area contributed by atoms with Crippen LogP contribution in [0.4, 0.5) is 0 Å². The van der Waals surface area contributed by atoms with Gasteiger partial charge in [0.25, 0.3) is 11.7 Å². The maximum Gasteiger partial charge on any atom is 0.295 e. The molecule has 1 heterocycles. The van der Waals surface area contributed by atoms with Gasteiger partial charge >= 0.3 is 0 Å². The van der Waals surface area contributed by atoms with Crippen LogP contribution in [0.5, 0.6) is 11.5 Å². The number of methoxy groups -OCH3 is 1. The van der Waals surface area contributed by atoms with Gasteiger partial charge in [-0.2, -0.15) is 0 Å². The molecule has 0 radical (unpaired) electrons. The third-order valence-electron chi connectivity index (χ3n) is 5.56. The van der Waals surface area contributed by atoms with Crippen LogP contribution in [0.3, 0.4) is 0 Å². The van der Waals surface area contributed by atoms with Gasteiger partial charge in [0.05, 0.1) is 25.3 Å². The van der Waals surface area contributed by atoms with Crippen molar-refractivity contribution in [1.82, 2.24) is 9.80 Å². The summed E-state index contributed by atoms with van der Waals surface area (Å²) in [5.41, 5.74) is 1.14. The Kier molecular flexibility index (Phi) is 8.11. The Labute approximate surface area is 195 Å². The highest BCUT2D eigenvalue weighted by atomic mass is 16.5. The number of aliphatic hydroxyl groups excluding tert-OH is 1. The van der Waals surface area contributed by atoms with Crippen molar-refractivity contribution in [1.29, 1.82) is 0 Å². The Hall–Kier alpha value is -3.32. The third kappa shape index (κ3) is 5.37. The Bertz CT molecular complexity index is 1030. The average molecular weight is 453 g/mol. The maximum atomic E-state index is 13.2. The molecule has 1 N–H and O–H groups in total. The molecule has 7 heteroatoms. The number of aliphatic hydroxyl groups is 1. The number of hydrogen-bond donors (Lipinski definition) is 1. The molecule has 0 aliphatic carbocycles. The van der Waals surface area contributed by atoms with E-state index in [4.69, 9.17) is 9.47 Å². The second-order valence-corrected chi connectivity index (χ2v) is 8.27. The van der Waals surface area contributed by atoms with Crippen LogP contribution in [-0.2, 0) is 9.59 Å². The number of ether oxygens (including phenoxy) is 2. The predicted molar refractivity (Wildman–Crippen MR) is 127 cm³/mol. The van der Waals surface area contributed by atoms with Crippen LogP contribution in [-0.4, -0.2) is 67.5 Å². The highest BCUT2D eigenvalue weighted by Crippen LogP contribution is 2.42. The molecule has 7 nitrogen and oxygen atoms in total. The molecule has 1 saturated heterocycles. The van der Waals surface area contributed by atoms with E-state index in [0.29, 0.717) is 42.2 Å². The maximum absolute atomic E-state index is 13.2. The number of Topliss-reactive ketones (excluding diaryl/α,β-unsaturated/α-hetero) is 1. The van der Waals surface area contributed by atoms with Crippen molar-refractivity contribution in [2.24, 2.45) is 0 Å².